The molecule has 3 heterocycles. The zero-order chi connectivity index (χ0) is 20.7. The van der Waals surface area contributed by atoms with Gasteiger partial charge in [-0.3, -0.25) is 9.89 Å². The van der Waals surface area contributed by atoms with E-state index in [1.807, 2.05) is 18.4 Å². The van der Waals surface area contributed by atoms with Crippen LogP contribution < -0.4 is 10.6 Å². The van der Waals surface area contributed by atoms with E-state index in [0.29, 0.717) is 6.04 Å². The number of ether oxygens (including phenoxy) is 2. The third kappa shape index (κ3) is 6.77. The van der Waals surface area contributed by atoms with Crippen LogP contribution in [-0.4, -0.2) is 95.0 Å². The molecule has 0 saturated carbocycles. The van der Waals surface area contributed by atoms with E-state index in [-0.39, 0.29) is 29.5 Å². The van der Waals surface area contributed by atoms with Gasteiger partial charge in [0.2, 0.25) is 0 Å². The van der Waals surface area contributed by atoms with Crippen LogP contribution >= 0.6 is 35.3 Å². The number of nitrogens with zero attached hydrogens (tertiary/aromatic N) is 3. The van der Waals surface area contributed by atoms with E-state index in [1.165, 1.54) is 9.75 Å². The molecular weight excluding hydrogens is 513 g/mol. The molecule has 0 aliphatic carbocycles. The standard InChI is InChI=1S/C21H37N5O2S.HI/c1-17-5-6-19(29-17)18(26-9-13-28-14-10-26)15-23-20(22-2)24-16-21(25(3)4)7-11-27-12-8-21;/h5-6,18H,7-16H2,1-4H3,(H2,22,23,24);1H. The Bertz CT molecular complexity index is 658. The van der Waals surface area contributed by atoms with Gasteiger partial charge in [0.15, 0.2) is 5.96 Å². The molecule has 30 heavy (non-hydrogen) atoms. The number of halogens is 1. The number of rotatable bonds is 7. The van der Waals surface area contributed by atoms with E-state index in [0.717, 1.165) is 71.4 Å². The number of hydrogen-bond donors (Lipinski definition) is 2. The van der Waals surface area contributed by atoms with Gasteiger partial charge in [0.1, 0.15) is 0 Å². The number of thiophene rings is 1. The van der Waals surface area contributed by atoms with E-state index in [9.17, 15) is 0 Å². The van der Waals surface area contributed by atoms with Crippen LogP contribution in [0.4, 0.5) is 0 Å². The molecule has 2 N–H and O–H groups in total. The lowest BCUT2D eigenvalue weighted by atomic mass is 9.88. The van der Waals surface area contributed by atoms with Crippen molar-refractivity contribution in [1.82, 2.24) is 20.4 Å². The van der Waals surface area contributed by atoms with Crippen LogP contribution in [0.1, 0.15) is 28.6 Å². The fourth-order valence-electron chi connectivity index (χ4n) is 4.13. The number of nitrogens with one attached hydrogen (secondary N) is 2. The molecule has 2 saturated heterocycles. The lowest BCUT2D eigenvalue weighted by Gasteiger charge is -2.43. The Labute approximate surface area is 202 Å². The van der Waals surface area contributed by atoms with Crippen molar-refractivity contribution in [3.8, 4) is 0 Å². The summed E-state index contributed by atoms with van der Waals surface area (Å²) >= 11 is 1.88. The van der Waals surface area contributed by atoms with E-state index in [1.54, 1.807) is 0 Å². The topological polar surface area (TPSA) is 61.4 Å². The summed E-state index contributed by atoms with van der Waals surface area (Å²) in [5, 5.41) is 7.16. The Morgan fingerprint density at radius 1 is 1.17 bits per heavy atom. The van der Waals surface area contributed by atoms with Crippen molar-refractivity contribution in [2.45, 2.75) is 31.3 Å². The van der Waals surface area contributed by atoms with Gasteiger partial charge in [-0.1, -0.05) is 0 Å². The fraction of sp³-hybridized carbons (Fsp3) is 0.762. The maximum Gasteiger partial charge on any atom is 0.191 e. The first kappa shape index (κ1) is 25.8. The maximum atomic E-state index is 5.59. The summed E-state index contributed by atoms with van der Waals surface area (Å²) in [5.41, 5.74) is 0.115. The number of aryl methyl sites for hydroxylation is 1. The van der Waals surface area contributed by atoms with Crippen LogP contribution in [0.2, 0.25) is 0 Å². The third-order valence-corrected chi connectivity index (χ3v) is 7.32. The first-order valence-electron chi connectivity index (χ1n) is 10.6. The predicted octanol–water partition coefficient (Wildman–Crippen LogP) is 2.32. The zero-order valence-corrected chi connectivity index (χ0v) is 21.9. The quantitative estimate of drug-likeness (QED) is 0.308. The monoisotopic (exact) mass is 551 g/mol. The highest BCUT2D eigenvalue weighted by molar-refractivity contribution is 14.0. The van der Waals surface area contributed by atoms with Gasteiger partial charge in [0, 0.05) is 61.7 Å². The van der Waals surface area contributed by atoms with Crippen molar-refractivity contribution >= 4 is 41.3 Å². The second kappa shape index (κ2) is 12.5. The Morgan fingerprint density at radius 3 is 2.40 bits per heavy atom. The highest BCUT2D eigenvalue weighted by atomic mass is 127. The first-order chi connectivity index (χ1) is 14.0. The normalized spacial score (nSPS) is 21.2. The molecule has 1 unspecified atom stereocenters. The average Bonchev–Trinajstić information content (AvgIpc) is 3.17. The SMILES string of the molecule is CN=C(NCC(c1ccc(C)s1)N1CCOCC1)NCC1(N(C)C)CCOCC1.I. The minimum Gasteiger partial charge on any atom is -0.381 e. The second-order valence-corrected chi connectivity index (χ2v) is 9.47. The molecule has 0 radical (unpaired) electrons. The van der Waals surface area contributed by atoms with Crippen molar-refractivity contribution < 1.29 is 9.47 Å². The Balaban J connectivity index is 0.00000320. The molecule has 1 aromatic rings. The molecule has 0 aromatic carbocycles. The lowest BCUT2D eigenvalue weighted by Crippen LogP contribution is -2.57. The van der Waals surface area contributed by atoms with Gasteiger partial charge >= 0.3 is 0 Å². The van der Waals surface area contributed by atoms with Crippen LogP contribution in [-0.2, 0) is 9.47 Å². The fourth-order valence-corrected chi connectivity index (χ4v) is 5.14. The lowest BCUT2D eigenvalue weighted by molar-refractivity contribution is -0.00506. The number of aliphatic imine (C=N–C) groups is 1. The van der Waals surface area contributed by atoms with Gasteiger partial charge in [0.25, 0.3) is 0 Å². The number of guanidine groups is 1. The maximum absolute atomic E-state index is 5.59. The van der Waals surface area contributed by atoms with E-state index >= 15 is 0 Å². The Kier molecular flexibility index (Phi) is 10.8. The zero-order valence-electron chi connectivity index (χ0n) is 18.8. The van der Waals surface area contributed by atoms with E-state index < -0.39 is 0 Å². The molecule has 2 fully saturated rings. The molecule has 0 amide bonds. The predicted molar refractivity (Wildman–Crippen MR) is 135 cm³/mol. The average molecular weight is 552 g/mol. The third-order valence-electron chi connectivity index (χ3n) is 6.22. The van der Waals surface area contributed by atoms with Crippen molar-refractivity contribution in [3.63, 3.8) is 0 Å². The second-order valence-electron chi connectivity index (χ2n) is 8.15. The van der Waals surface area contributed by atoms with E-state index in [2.05, 4.69) is 58.6 Å². The number of likely N-dealkylation sites (N-methyl/N-ethyl adjacent to an activating group) is 1. The molecular formula is C21H38IN5O2S. The van der Waals surface area contributed by atoms with Gasteiger partial charge in [-0.15, -0.1) is 35.3 Å². The molecule has 9 heteroatoms. The van der Waals surface area contributed by atoms with Crippen molar-refractivity contribution in [3.05, 3.63) is 21.9 Å². The van der Waals surface area contributed by atoms with Gasteiger partial charge in [0.05, 0.1) is 19.3 Å². The van der Waals surface area contributed by atoms with Gasteiger partial charge in [-0.25, -0.2) is 0 Å². The smallest absolute Gasteiger partial charge is 0.191 e. The van der Waals surface area contributed by atoms with Gasteiger partial charge < -0.3 is 25.0 Å². The molecule has 1 aromatic heterocycles. The summed E-state index contributed by atoms with van der Waals surface area (Å²) in [6, 6.07) is 4.81. The molecule has 2 aliphatic rings. The van der Waals surface area contributed by atoms with Gasteiger partial charge in [-0.2, -0.15) is 0 Å². The number of morpholine rings is 1. The largest absolute Gasteiger partial charge is 0.381 e. The number of hydrogen-bond acceptors (Lipinski definition) is 6. The van der Waals surface area contributed by atoms with Crippen LogP contribution in [0.15, 0.2) is 17.1 Å². The molecule has 0 bridgehead atoms. The minimum absolute atomic E-state index is 0. The minimum atomic E-state index is 0. The highest BCUT2D eigenvalue weighted by Crippen LogP contribution is 2.28. The Morgan fingerprint density at radius 2 is 1.83 bits per heavy atom. The summed E-state index contributed by atoms with van der Waals surface area (Å²) in [6.45, 7) is 9.07. The summed E-state index contributed by atoms with van der Waals surface area (Å²) in [4.78, 5) is 12.1. The first-order valence-corrected chi connectivity index (χ1v) is 11.4. The van der Waals surface area contributed by atoms with Crippen LogP contribution in [0, 0.1) is 6.92 Å². The molecule has 1 atom stereocenters. The van der Waals surface area contributed by atoms with Crippen LogP contribution in [0.25, 0.3) is 0 Å². The molecule has 0 spiro atoms. The molecule has 2 aliphatic heterocycles. The molecule has 7 nitrogen and oxygen atoms in total. The van der Waals surface area contributed by atoms with Crippen molar-refractivity contribution in [1.29, 1.82) is 0 Å². The summed E-state index contributed by atoms with van der Waals surface area (Å²) in [5.74, 6) is 0.865. The van der Waals surface area contributed by atoms with Crippen molar-refractivity contribution in [2.75, 3.05) is 73.7 Å². The van der Waals surface area contributed by atoms with Crippen LogP contribution in [0.3, 0.4) is 0 Å². The summed E-state index contributed by atoms with van der Waals surface area (Å²) in [6.07, 6.45) is 2.07. The summed E-state index contributed by atoms with van der Waals surface area (Å²) in [7, 11) is 6.17. The Hall–Kier alpha value is -0.460. The molecule has 3 rings (SSSR count). The van der Waals surface area contributed by atoms with Crippen LogP contribution in [0.5, 0.6) is 0 Å². The summed E-state index contributed by atoms with van der Waals surface area (Å²) < 4.78 is 11.2. The van der Waals surface area contributed by atoms with Crippen molar-refractivity contribution in [2.24, 2.45) is 4.99 Å². The highest BCUT2D eigenvalue weighted by Gasteiger charge is 2.35. The molecule has 172 valence electrons. The van der Waals surface area contributed by atoms with E-state index in [4.69, 9.17) is 9.47 Å². The van der Waals surface area contributed by atoms with Gasteiger partial charge in [-0.05, 0) is 46.0 Å².